The van der Waals surface area contributed by atoms with Crippen molar-refractivity contribution in [3.05, 3.63) is 29.3 Å². The maximum Gasteiger partial charge on any atom is 0.228 e. The third-order valence-corrected chi connectivity index (χ3v) is 5.60. The molecule has 0 atom stereocenters. The van der Waals surface area contributed by atoms with Crippen LogP contribution in [0.1, 0.15) is 17.5 Å². The summed E-state index contributed by atoms with van der Waals surface area (Å²) in [6.45, 7) is 5.62. The van der Waals surface area contributed by atoms with Crippen LogP contribution in [0.3, 0.4) is 0 Å². The molecule has 138 valence electrons. The Morgan fingerprint density at radius 1 is 1.31 bits per heavy atom. The molecule has 0 saturated carbocycles. The van der Waals surface area contributed by atoms with E-state index in [0.717, 1.165) is 79.3 Å². The van der Waals surface area contributed by atoms with Crippen LogP contribution in [0.15, 0.2) is 28.3 Å². The van der Waals surface area contributed by atoms with Crippen LogP contribution in [0, 0.1) is 0 Å². The van der Waals surface area contributed by atoms with Gasteiger partial charge in [0.25, 0.3) is 0 Å². The molecule has 26 heavy (non-hydrogen) atoms. The molecule has 1 fully saturated rings. The largest absolute Gasteiger partial charge is 0.379 e. The molecule has 4 rings (SSSR count). The lowest BCUT2D eigenvalue weighted by atomic mass is 10.1. The normalized spacial score (nSPS) is 21.9. The number of benzene rings is 1. The van der Waals surface area contributed by atoms with Gasteiger partial charge >= 0.3 is 0 Å². The highest BCUT2D eigenvalue weighted by Crippen LogP contribution is 2.25. The van der Waals surface area contributed by atoms with Gasteiger partial charge in [0, 0.05) is 43.2 Å². The number of hydrogen-bond acceptors (Lipinski definition) is 6. The van der Waals surface area contributed by atoms with Gasteiger partial charge in [-0.1, -0.05) is 23.9 Å². The van der Waals surface area contributed by atoms with Crippen LogP contribution in [0.2, 0.25) is 0 Å². The molecule has 0 aromatic heterocycles. The molecule has 0 unspecified atom stereocenters. The van der Waals surface area contributed by atoms with Gasteiger partial charge in [0.05, 0.1) is 25.3 Å². The number of carbonyl (C=O) groups excluding carboxylic acids is 1. The van der Waals surface area contributed by atoms with Crippen molar-refractivity contribution in [1.29, 1.82) is 0 Å². The van der Waals surface area contributed by atoms with Gasteiger partial charge < -0.3 is 10.1 Å². The summed E-state index contributed by atoms with van der Waals surface area (Å²) in [6.07, 6.45) is 1.52. The molecule has 1 amide bonds. The first-order chi connectivity index (χ1) is 12.8. The molecule has 0 radical (unpaired) electrons. The zero-order valence-electron chi connectivity index (χ0n) is 14.7. The predicted molar refractivity (Wildman–Crippen MR) is 105 cm³/mol. The first kappa shape index (κ1) is 17.5. The molecule has 7 nitrogen and oxygen atoms in total. The Morgan fingerprint density at radius 2 is 2.19 bits per heavy atom. The molecule has 3 aliphatic rings. The van der Waals surface area contributed by atoms with Gasteiger partial charge in [0.15, 0.2) is 5.17 Å². The van der Waals surface area contributed by atoms with E-state index in [1.807, 2.05) is 18.2 Å². The number of ether oxygens (including phenoxy) is 1. The zero-order valence-corrected chi connectivity index (χ0v) is 15.5. The monoisotopic (exact) mass is 373 g/mol. The summed E-state index contributed by atoms with van der Waals surface area (Å²) in [6, 6.07) is 6.04. The zero-order chi connectivity index (χ0) is 17.8. The second kappa shape index (κ2) is 8.20. The minimum absolute atomic E-state index is 0.0572. The Morgan fingerprint density at radius 3 is 3.00 bits per heavy atom. The molecule has 0 bridgehead atoms. The van der Waals surface area contributed by atoms with Gasteiger partial charge in [-0.2, -0.15) is 5.10 Å². The molecule has 0 aliphatic carbocycles. The summed E-state index contributed by atoms with van der Waals surface area (Å²) < 4.78 is 5.36. The Labute approximate surface area is 157 Å². The van der Waals surface area contributed by atoms with E-state index < -0.39 is 0 Å². The second-order valence-corrected chi connectivity index (χ2v) is 7.51. The van der Waals surface area contributed by atoms with Gasteiger partial charge in [-0.05, 0) is 18.1 Å². The fourth-order valence-electron chi connectivity index (χ4n) is 3.24. The Kier molecular flexibility index (Phi) is 5.52. The van der Waals surface area contributed by atoms with Crippen LogP contribution < -0.4 is 10.7 Å². The Bertz CT molecular complexity index is 743. The van der Waals surface area contributed by atoms with Crippen molar-refractivity contribution in [2.45, 2.75) is 12.8 Å². The van der Waals surface area contributed by atoms with Gasteiger partial charge in [-0.25, -0.2) is 0 Å². The summed E-state index contributed by atoms with van der Waals surface area (Å²) >= 11 is 1.67. The number of thioether (sulfide) groups is 1. The summed E-state index contributed by atoms with van der Waals surface area (Å²) in [7, 11) is 0. The maximum atomic E-state index is 11.5. The predicted octanol–water partition coefficient (Wildman–Crippen LogP) is 1.30. The van der Waals surface area contributed by atoms with Crippen molar-refractivity contribution in [3.8, 4) is 0 Å². The highest BCUT2D eigenvalue weighted by atomic mass is 32.2. The van der Waals surface area contributed by atoms with E-state index in [1.165, 1.54) is 0 Å². The Balaban J connectivity index is 1.28. The first-order valence-corrected chi connectivity index (χ1v) is 9.99. The topological polar surface area (TPSA) is 78.3 Å². The molecular formula is C18H23N5O2S. The molecule has 1 aromatic rings. The van der Waals surface area contributed by atoms with Crippen molar-refractivity contribution in [2.75, 3.05) is 50.5 Å². The SMILES string of the molecule is O=C1Cc2ccc(C3=NNC(=NCCCN4CCOCC4)SC3)cc2N1. The molecule has 1 saturated heterocycles. The quantitative estimate of drug-likeness (QED) is 0.761. The molecule has 1 aromatic carbocycles. The Hall–Kier alpha value is -1.90. The van der Waals surface area contributed by atoms with Crippen LogP contribution in [-0.2, 0) is 16.0 Å². The fraction of sp³-hybridized carbons (Fsp3) is 0.500. The number of hydrazone groups is 1. The van der Waals surface area contributed by atoms with E-state index in [-0.39, 0.29) is 5.91 Å². The van der Waals surface area contributed by atoms with Crippen molar-refractivity contribution < 1.29 is 9.53 Å². The van der Waals surface area contributed by atoms with Crippen molar-refractivity contribution in [2.24, 2.45) is 10.1 Å². The average Bonchev–Trinajstić information content (AvgIpc) is 3.06. The van der Waals surface area contributed by atoms with E-state index in [0.29, 0.717) is 6.42 Å². The lowest BCUT2D eigenvalue weighted by Crippen LogP contribution is -2.37. The number of amidine groups is 1. The number of nitrogens with zero attached hydrogens (tertiary/aromatic N) is 3. The number of morpholine rings is 1. The standard InChI is InChI=1S/C18H23N5O2S/c24-17-11-14-3-2-13(10-15(14)20-17)16-12-26-18(22-21-16)19-4-1-5-23-6-8-25-9-7-23/h2-3,10H,1,4-9,11-12H2,(H,19,22)(H,20,24). The van der Waals surface area contributed by atoms with Crippen LogP contribution in [0.4, 0.5) is 5.69 Å². The van der Waals surface area contributed by atoms with Crippen molar-refractivity contribution in [1.82, 2.24) is 10.3 Å². The highest BCUT2D eigenvalue weighted by molar-refractivity contribution is 8.14. The number of hydrogen-bond donors (Lipinski definition) is 2. The smallest absolute Gasteiger partial charge is 0.228 e. The van der Waals surface area contributed by atoms with Crippen LogP contribution in [0.25, 0.3) is 0 Å². The molecule has 3 heterocycles. The molecule has 0 spiro atoms. The summed E-state index contributed by atoms with van der Waals surface area (Å²) in [5, 5.41) is 8.24. The molecule has 3 aliphatic heterocycles. The van der Waals surface area contributed by atoms with Crippen molar-refractivity contribution >= 4 is 34.2 Å². The number of aliphatic imine (C=N–C) groups is 1. The lowest BCUT2D eigenvalue weighted by molar-refractivity contribution is -0.115. The number of carbonyl (C=O) groups is 1. The van der Waals surface area contributed by atoms with Gasteiger partial charge in [0.2, 0.25) is 5.91 Å². The summed E-state index contributed by atoms with van der Waals surface area (Å²) in [5.74, 6) is 0.837. The number of amides is 1. The fourth-order valence-corrected chi connectivity index (χ4v) is 4.04. The van der Waals surface area contributed by atoms with Gasteiger partial charge in [-0.15, -0.1) is 0 Å². The number of anilines is 1. The van der Waals surface area contributed by atoms with E-state index in [2.05, 4.69) is 25.7 Å². The van der Waals surface area contributed by atoms with E-state index in [4.69, 9.17) is 4.74 Å². The average molecular weight is 373 g/mol. The lowest BCUT2D eigenvalue weighted by Gasteiger charge is -2.26. The number of fused-ring (bicyclic) bond motifs is 1. The van der Waals surface area contributed by atoms with E-state index in [9.17, 15) is 4.79 Å². The van der Waals surface area contributed by atoms with Crippen LogP contribution in [-0.4, -0.2) is 66.8 Å². The molecule has 2 N–H and O–H groups in total. The third kappa shape index (κ3) is 4.25. The second-order valence-electron chi connectivity index (χ2n) is 6.55. The van der Waals surface area contributed by atoms with Gasteiger partial charge in [0.1, 0.15) is 0 Å². The summed E-state index contributed by atoms with van der Waals surface area (Å²) in [4.78, 5) is 18.5. The first-order valence-electron chi connectivity index (χ1n) is 9.01. The van der Waals surface area contributed by atoms with E-state index in [1.54, 1.807) is 11.8 Å². The maximum absolute atomic E-state index is 11.5. The molecular weight excluding hydrogens is 350 g/mol. The minimum atomic E-state index is 0.0572. The van der Waals surface area contributed by atoms with E-state index >= 15 is 0 Å². The number of nitrogens with one attached hydrogen (secondary N) is 2. The van der Waals surface area contributed by atoms with Crippen LogP contribution in [0.5, 0.6) is 0 Å². The molecule has 8 heteroatoms. The minimum Gasteiger partial charge on any atom is -0.379 e. The number of rotatable bonds is 5. The van der Waals surface area contributed by atoms with Crippen LogP contribution >= 0.6 is 11.8 Å². The summed E-state index contributed by atoms with van der Waals surface area (Å²) in [5.41, 5.74) is 7.04. The van der Waals surface area contributed by atoms with Crippen molar-refractivity contribution in [3.63, 3.8) is 0 Å². The van der Waals surface area contributed by atoms with Gasteiger partial charge in [-0.3, -0.25) is 20.1 Å². The highest BCUT2D eigenvalue weighted by Gasteiger charge is 2.20. The third-order valence-electron chi connectivity index (χ3n) is 4.69.